The van der Waals surface area contributed by atoms with Crippen LogP contribution in [0, 0.1) is 0 Å². The van der Waals surface area contributed by atoms with E-state index in [0.29, 0.717) is 24.5 Å². The number of nitrogen functional groups attached to an aromatic ring is 1. The fraction of sp³-hybridized carbons (Fsp3) is 0.333. The first-order chi connectivity index (χ1) is 10.1. The van der Waals surface area contributed by atoms with E-state index < -0.39 is 0 Å². The summed E-state index contributed by atoms with van der Waals surface area (Å²) in [5.74, 6) is 1.30. The highest BCUT2D eigenvalue weighted by molar-refractivity contribution is 5.69. The van der Waals surface area contributed by atoms with Gasteiger partial charge in [0.25, 0.3) is 0 Å². The predicted octanol–water partition coefficient (Wildman–Crippen LogP) is 1.56. The van der Waals surface area contributed by atoms with Crippen molar-refractivity contribution >= 4 is 11.7 Å². The fourth-order valence-corrected chi connectivity index (χ4v) is 1.78. The molecule has 6 nitrogen and oxygen atoms in total. The predicted molar refractivity (Wildman–Crippen MR) is 78.8 cm³/mol. The highest BCUT2D eigenvalue weighted by Gasteiger charge is 2.05. The van der Waals surface area contributed by atoms with Gasteiger partial charge < -0.3 is 19.8 Å². The third kappa shape index (κ3) is 4.83. The lowest BCUT2D eigenvalue weighted by Gasteiger charge is -2.07. The normalized spacial score (nSPS) is 10.3. The Labute approximate surface area is 123 Å². The Bertz CT molecular complexity index is 578. The smallest absolute Gasteiger partial charge is 0.309 e. The van der Waals surface area contributed by atoms with Crippen LogP contribution in [0.25, 0.3) is 0 Å². The average Bonchev–Trinajstić information content (AvgIpc) is 2.87. The molecule has 6 heteroatoms. The van der Waals surface area contributed by atoms with Crippen molar-refractivity contribution < 1.29 is 14.3 Å². The average molecular weight is 289 g/mol. The highest BCUT2D eigenvalue weighted by atomic mass is 16.5. The number of rotatable bonds is 7. The van der Waals surface area contributed by atoms with Gasteiger partial charge >= 0.3 is 5.97 Å². The first kappa shape index (κ1) is 14.9. The van der Waals surface area contributed by atoms with Crippen LogP contribution in [0.4, 0.5) is 5.69 Å². The lowest BCUT2D eigenvalue weighted by Crippen LogP contribution is -2.13. The van der Waals surface area contributed by atoms with E-state index in [-0.39, 0.29) is 19.0 Å². The molecule has 0 spiro atoms. The number of carbonyl (C=O) groups excluding carboxylic acids is 1. The third-order valence-electron chi connectivity index (χ3n) is 2.96. The van der Waals surface area contributed by atoms with Gasteiger partial charge in [-0.15, -0.1) is 0 Å². The number of nitrogens with zero attached hydrogens (tertiary/aromatic N) is 2. The monoisotopic (exact) mass is 289 g/mol. The van der Waals surface area contributed by atoms with Crippen molar-refractivity contribution in [2.45, 2.75) is 12.8 Å². The lowest BCUT2D eigenvalue weighted by molar-refractivity contribution is -0.144. The molecule has 2 N–H and O–H groups in total. The zero-order chi connectivity index (χ0) is 15.1. The molecule has 0 aliphatic rings. The second kappa shape index (κ2) is 7.33. The minimum Gasteiger partial charge on any atom is -0.493 e. The van der Waals surface area contributed by atoms with E-state index in [4.69, 9.17) is 15.2 Å². The van der Waals surface area contributed by atoms with Gasteiger partial charge in [0.15, 0.2) is 0 Å². The van der Waals surface area contributed by atoms with Gasteiger partial charge in [-0.2, -0.15) is 0 Å². The molecule has 1 aromatic heterocycles. The van der Waals surface area contributed by atoms with Crippen LogP contribution in [0.5, 0.6) is 5.75 Å². The first-order valence-corrected chi connectivity index (χ1v) is 6.75. The molecule has 1 aromatic carbocycles. The van der Waals surface area contributed by atoms with Gasteiger partial charge in [-0.25, -0.2) is 4.98 Å². The summed E-state index contributed by atoms with van der Waals surface area (Å²) in [6.45, 7) is 0.608. The van der Waals surface area contributed by atoms with Gasteiger partial charge in [0, 0.05) is 31.5 Å². The van der Waals surface area contributed by atoms with Crippen molar-refractivity contribution in [3.05, 3.63) is 42.5 Å². The zero-order valence-electron chi connectivity index (χ0n) is 12.0. The van der Waals surface area contributed by atoms with Gasteiger partial charge in [-0.05, 0) is 24.3 Å². The van der Waals surface area contributed by atoms with Crippen molar-refractivity contribution in [1.82, 2.24) is 9.55 Å². The topological polar surface area (TPSA) is 79.4 Å². The van der Waals surface area contributed by atoms with Crippen LogP contribution in [-0.2, 0) is 23.0 Å². The number of carbonyl (C=O) groups is 1. The number of imidazole rings is 1. The molecule has 0 atom stereocenters. The molecule has 0 saturated heterocycles. The molecule has 0 amide bonds. The second-order valence-corrected chi connectivity index (χ2v) is 4.59. The van der Waals surface area contributed by atoms with E-state index in [2.05, 4.69) is 4.98 Å². The van der Waals surface area contributed by atoms with Crippen LogP contribution in [0.1, 0.15) is 12.2 Å². The molecule has 0 aliphatic heterocycles. The van der Waals surface area contributed by atoms with E-state index in [9.17, 15) is 4.79 Å². The molecule has 0 radical (unpaired) electrons. The van der Waals surface area contributed by atoms with Crippen molar-refractivity contribution in [2.24, 2.45) is 7.05 Å². The molecule has 2 aromatic rings. The van der Waals surface area contributed by atoms with Crippen molar-refractivity contribution in [2.75, 3.05) is 18.9 Å². The van der Waals surface area contributed by atoms with Gasteiger partial charge in [0.05, 0.1) is 19.6 Å². The van der Waals surface area contributed by atoms with E-state index in [0.717, 1.165) is 5.82 Å². The molecule has 0 fully saturated rings. The molecule has 2 rings (SSSR count). The number of anilines is 1. The number of esters is 1. The molecule has 112 valence electrons. The van der Waals surface area contributed by atoms with Gasteiger partial charge in [0.1, 0.15) is 11.6 Å². The highest BCUT2D eigenvalue weighted by Crippen LogP contribution is 2.13. The second-order valence-electron chi connectivity index (χ2n) is 4.59. The van der Waals surface area contributed by atoms with Crippen LogP contribution in [0.3, 0.4) is 0 Å². The largest absolute Gasteiger partial charge is 0.493 e. The summed E-state index contributed by atoms with van der Waals surface area (Å²) in [6, 6.07) is 7.03. The molecule has 0 aliphatic carbocycles. The minimum atomic E-state index is -0.278. The summed E-state index contributed by atoms with van der Waals surface area (Å²) in [5, 5.41) is 0. The fourth-order valence-electron chi connectivity index (χ4n) is 1.78. The van der Waals surface area contributed by atoms with E-state index in [1.807, 2.05) is 17.8 Å². The number of hydrogen-bond acceptors (Lipinski definition) is 5. The van der Waals surface area contributed by atoms with Crippen LogP contribution in [0.2, 0.25) is 0 Å². The van der Waals surface area contributed by atoms with Crippen molar-refractivity contribution in [3.8, 4) is 5.75 Å². The maximum Gasteiger partial charge on any atom is 0.309 e. The molecular weight excluding hydrogens is 270 g/mol. The zero-order valence-corrected chi connectivity index (χ0v) is 12.0. The number of aromatic nitrogens is 2. The van der Waals surface area contributed by atoms with Crippen LogP contribution < -0.4 is 10.5 Å². The number of aryl methyl sites for hydroxylation is 1. The summed E-state index contributed by atoms with van der Waals surface area (Å²) in [4.78, 5) is 15.7. The number of benzene rings is 1. The van der Waals surface area contributed by atoms with Crippen LogP contribution in [-0.4, -0.2) is 28.7 Å². The SMILES string of the molecule is Cn1ccnc1CCOC(=O)CCOc1ccc(N)cc1. The first-order valence-electron chi connectivity index (χ1n) is 6.75. The Kier molecular flexibility index (Phi) is 5.20. The molecule has 0 bridgehead atoms. The molecular formula is C15H19N3O3. The van der Waals surface area contributed by atoms with E-state index >= 15 is 0 Å². The Balaban J connectivity index is 1.61. The quantitative estimate of drug-likeness (QED) is 0.618. The summed E-state index contributed by atoms with van der Waals surface area (Å²) in [6.07, 6.45) is 4.40. The summed E-state index contributed by atoms with van der Waals surface area (Å²) >= 11 is 0. The molecule has 21 heavy (non-hydrogen) atoms. The molecule has 0 unspecified atom stereocenters. The van der Waals surface area contributed by atoms with Crippen LogP contribution in [0.15, 0.2) is 36.7 Å². The minimum absolute atomic E-state index is 0.213. The molecule has 1 heterocycles. The van der Waals surface area contributed by atoms with Crippen LogP contribution >= 0.6 is 0 Å². The Morgan fingerprint density at radius 1 is 1.29 bits per heavy atom. The maximum atomic E-state index is 11.6. The Morgan fingerprint density at radius 3 is 2.71 bits per heavy atom. The molecule has 0 saturated carbocycles. The van der Waals surface area contributed by atoms with E-state index in [1.54, 1.807) is 30.5 Å². The third-order valence-corrected chi connectivity index (χ3v) is 2.96. The van der Waals surface area contributed by atoms with E-state index in [1.165, 1.54) is 0 Å². The Hall–Kier alpha value is -2.50. The number of nitrogens with two attached hydrogens (primary N) is 1. The van der Waals surface area contributed by atoms with Gasteiger partial charge in [0.2, 0.25) is 0 Å². The van der Waals surface area contributed by atoms with Crippen molar-refractivity contribution in [1.29, 1.82) is 0 Å². The maximum absolute atomic E-state index is 11.6. The summed E-state index contributed by atoms with van der Waals surface area (Å²) in [7, 11) is 1.91. The van der Waals surface area contributed by atoms with Crippen molar-refractivity contribution in [3.63, 3.8) is 0 Å². The number of hydrogen-bond donors (Lipinski definition) is 1. The lowest BCUT2D eigenvalue weighted by atomic mass is 10.3. The summed E-state index contributed by atoms with van der Waals surface area (Å²) < 4.78 is 12.5. The standard InChI is InChI=1S/C15H19N3O3/c1-18-9-8-17-14(18)6-10-21-15(19)7-11-20-13-4-2-12(16)3-5-13/h2-5,8-9H,6-7,10-11,16H2,1H3. The summed E-state index contributed by atoms with van der Waals surface area (Å²) in [5.41, 5.74) is 6.25. The number of ether oxygens (including phenoxy) is 2. The van der Waals surface area contributed by atoms with Gasteiger partial charge in [-0.1, -0.05) is 0 Å². The van der Waals surface area contributed by atoms with Gasteiger partial charge in [-0.3, -0.25) is 4.79 Å². The Morgan fingerprint density at radius 2 is 2.05 bits per heavy atom.